The lowest BCUT2D eigenvalue weighted by molar-refractivity contribution is 0.174. The maximum atomic E-state index is 13.7. The van der Waals surface area contributed by atoms with Gasteiger partial charge in [-0.3, -0.25) is 0 Å². The number of anilines is 3. The summed E-state index contributed by atoms with van der Waals surface area (Å²) in [5.41, 5.74) is 1.10. The van der Waals surface area contributed by atoms with E-state index >= 15 is 0 Å². The Kier molecular flexibility index (Phi) is 4.22. The van der Waals surface area contributed by atoms with Crippen molar-refractivity contribution in [3.8, 4) is 11.5 Å². The van der Waals surface area contributed by atoms with Crippen LogP contribution in [-0.2, 0) is 6.54 Å². The summed E-state index contributed by atoms with van der Waals surface area (Å²) in [6, 6.07) is 10.5. The Morgan fingerprint density at radius 2 is 1.88 bits per heavy atom. The number of hydrogen-bond acceptors (Lipinski definition) is 6. The highest BCUT2D eigenvalue weighted by Gasteiger charge is 2.13. The molecular formula is C18H14F2N4O2. The number of rotatable bonds is 5. The summed E-state index contributed by atoms with van der Waals surface area (Å²) in [7, 11) is 0. The average molecular weight is 356 g/mol. The fourth-order valence-corrected chi connectivity index (χ4v) is 2.47. The first-order valence-corrected chi connectivity index (χ1v) is 7.85. The predicted molar refractivity (Wildman–Crippen MR) is 91.6 cm³/mol. The van der Waals surface area contributed by atoms with Crippen molar-refractivity contribution in [2.75, 3.05) is 17.4 Å². The summed E-state index contributed by atoms with van der Waals surface area (Å²) in [6.07, 6.45) is 1.54. The van der Waals surface area contributed by atoms with Crippen molar-refractivity contribution < 1.29 is 18.3 Å². The van der Waals surface area contributed by atoms with Crippen LogP contribution in [0, 0.1) is 11.6 Å². The third-order valence-electron chi connectivity index (χ3n) is 3.74. The summed E-state index contributed by atoms with van der Waals surface area (Å²) in [4.78, 5) is 8.40. The number of benzene rings is 2. The van der Waals surface area contributed by atoms with E-state index in [-0.39, 0.29) is 12.5 Å². The van der Waals surface area contributed by atoms with Gasteiger partial charge in [0.1, 0.15) is 17.5 Å². The topological polar surface area (TPSA) is 68.3 Å². The van der Waals surface area contributed by atoms with Crippen LogP contribution in [0.25, 0.3) is 0 Å². The van der Waals surface area contributed by atoms with Crippen LogP contribution in [0.3, 0.4) is 0 Å². The maximum absolute atomic E-state index is 13.7. The van der Waals surface area contributed by atoms with Gasteiger partial charge in [-0.25, -0.2) is 13.8 Å². The van der Waals surface area contributed by atoms with E-state index < -0.39 is 11.6 Å². The third kappa shape index (κ3) is 3.49. The van der Waals surface area contributed by atoms with Crippen LogP contribution in [0.2, 0.25) is 0 Å². The summed E-state index contributed by atoms with van der Waals surface area (Å²) in [6.45, 7) is 0.702. The molecule has 0 fully saturated rings. The molecule has 0 saturated heterocycles. The molecule has 0 spiro atoms. The quantitative estimate of drug-likeness (QED) is 0.724. The number of ether oxygens (including phenoxy) is 2. The van der Waals surface area contributed by atoms with Crippen LogP contribution in [-0.4, -0.2) is 16.8 Å². The van der Waals surface area contributed by atoms with Gasteiger partial charge in [0.15, 0.2) is 11.5 Å². The van der Waals surface area contributed by atoms with E-state index in [1.54, 1.807) is 12.3 Å². The Labute approximate surface area is 147 Å². The van der Waals surface area contributed by atoms with E-state index in [1.165, 1.54) is 12.1 Å². The van der Waals surface area contributed by atoms with Crippen molar-refractivity contribution in [1.29, 1.82) is 0 Å². The van der Waals surface area contributed by atoms with E-state index in [4.69, 9.17) is 9.47 Å². The van der Waals surface area contributed by atoms with E-state index in [2.05, 4.69) is 20.6 Å². The van der Waals surface area contributed by atoms with Gasteiger partial charge < -0.3 is 20.1 Å². The highest BCUT2D eigenvalue weighted by molar-refractivity contribution is 5.57. The second-order valence-electron chi connectivity index (χ2n) is 5.56. The second kappa shape index (κ2) is 6.83. The van der Waals surface area contributed by atoms with Crippen molar-refractivity contribution in [3.05, 3.63) is 65.9 Å². The first kappa shape index (κ1) is 16.1. The molecule has 2 aromatic carbocycles. The monoisotopic (exact) mass is 356 g/mol. The lowest BCUT2D eigenvalue weighted by Gasteiger charge is -2.09. The molecule has 6 nitrogen and oxygen atoms in total. The molecule has 0 atom stereocenters. The molecule has 2 heterocycles. The third-order valence-corrected chi connectivity index (χ3v) is 3.74. The fourth-order valence-electron chi connectivity index (χ4n) is 2.47. The molecule has 1 aliphatic rings. The molecule has 0 bridgehead atoms. The van der Waals surface area contributed by atoms with Crippen molar-refractivity contribution >= 4 is 17.5 Å². The molecular weight excluding hydrogens is 342 g/mol. The number of fused-ring (bicyclic) bond motifs is 1. The Balaban J connectivity index is 1.44. The minimum atomic E-state index is -0.696. The van der Waals surface area contributed by atoms with Gasteiger partial charge in [-0.1, -0.05) is 6.07 Å². The van der Waals surface area contributed by atoms with Gasteiger partial charge in [0.2, 0.25) is 12.7 Å². The molecule has 1 aromatic heterocycles. The van der Waals surface area contributed by atoms with Crippen LogP contribution >= 0.6 is 0 Å². The summed E-state index contributed by atoms with van der Waals surface area (Å²) >= 11 is 0. The highest BCUT2D eigenvalue weighted by atomic mass is 19.1. The van der Waals surface area contributed by atoms with Gasteiger partial charge in [0.05, 0.1) is 5.69 Å². The van der Waals surface area contributed by atoms with Crippen LogP contribution in [0.1, 0.15) is 5.56 Å². The van der Waals surface area contributed by atoms with Gasteiger partial charge in [0, 0.05) is 18.8 Å². The van der Waals surface area contributed by atoms with E-state index in [0.29, 0.717) is 24.1 Å². The summed E-state index contributed by atoms with van der Waals surface area (Å²) < 4.78 is 37.3. The summed E-state index contributed by atoms with van der Waals surface area (Å²) in [5, 5.41) is 5.89. The zero-order valence-electron chi connectivity index (χ0n) is 13.5. The predicted octanol–water partition coefficient (Wildman–Crippen LogP) is 3.84. The normalized spacial score (nSPS) is 12.1. The number of nitrogens with one attached hydrogen (secondary N) is 2. The number of hydrogen-bond donors (Lipinski definition) is 2. The van der Waals surface area contributed by atoms with Crippen LogP contribution in [0.15, 0.2) is 48.7 Å². The molecule has 26 heavy (non-hydrogen) atoms. The summed E-state index contributed by atoms with van der Waals surface area (Å²) in [5.74, 6) is 0.846. The molecule has 0 saturated carbocycles. The number of nitrogens with zero attached hydrogens (tertiary/aromatic N) is 2. The van der Waals surface area contributed by atoms with Crippen LogP contribution in [0.4, 0.5) is 26.2 Å². The van der Waals surface area contributed by atoms with Gasteiger partial charge >= 0.3 is 0 Å². The van der Waals surface area contributed by atoms with Gasteiger partial charge in [-0.15, -0.1) is 0 Å². The van der Waals surface area contributed by atoms with Crippen molar-refractivity contribution in [2.45, 2.75) is 6.54 Å². The Hall–Kier alpha value is -3.42. The zero-order valence-corrected chi connectivity index (χ0v) is 13.5. The molecule has 1 aliphatic heterocycles. The smallest absolute Gasteiger partial charge is 0.231 e. The molecule has 3 aromatic rings. The lowest BCUT2D eigenvalue weighted by Crippen LogP contribution is -2.05. The molecule has 0 radical (unpaired) electrons. The molecule has 4 rings (SSSR count). The highest BCUT2D eigenvalue weighted by Crippen LogP contribution is 2.32. The zero-order chi connectivity index (χ0) is 17.9. The fraction of sp³-hybridized carbons (Fsp3) is 0.111. The molecule has 0 aliphatic carbocycles. The van der Waals surface area contributed by atoms with E-state index in [9.17, 15) is 8.78 Å². The van der Waals surface area contributed by atoms with Crippen LogP contribution < -0.4 is 20.1 Å². The molecule has 132 valence electrons. The van der Waals surface area contributed by atoms with Gasteiger partial charge in [0.25, 0.3) is 0 Å². The molecule has 8 heteroatoms. The van der Waals surface area contributed by atoms with Gasteiger partial charge in [-0.05, 0) is 35.9 Å². The maximum Gasteiger partial charge on any atom is 0.231 e. The molecule has 0 unspecified atom stereocenters. The second-order valence-corrected chi connectivity index (χ2v) is 5.56. The Morgan fingerprint density at radius 1 is 1.00 bits per heavy atom. The average Bonchev–Trinajstić information content (AvgIpc) is 3.10. The number of halogens is 2. The first-order chi connectivity index (χ1) is 12.7. The Morgan fingerprint density at radius 3 is 2.77 bits per heavy atom. The van der Waals surface area contributed by atoms with Crippen molar-refractivity contribution in [1.82, 2.24) is 9.97 Å². The van der Waals surface area contributed by atoms with Gasteiger partial charge in [-0.2, -0.15) is 4.98 Å². The van der Waals surface area contributed by atoms with E-state index in [0.717, 1.165) is 17.4 Å². The largest absolute Gasteiger partial charge is 0.454 e. The van der Waals surface area contributed by atoms with Crippen molar-refractivity contribution in [2.24, 2.45) is 0 Å². The van der Waals surface area contributed by atoms with E-state index in [1.807, 2.05) is 18.2 Å². The molecule has 0 amide bonds. The number of aromatic nitrogens is 2. The molecule has 2 N–H and O–H groups in total. The minimum absolute atomic E-state index is 0.131. The first-order valence-electron chi connectivity index (χ1n) is 7.85. The lowest BCUT2D eigenvalue weighted by atomic mass is 10.2. The standard InChI is InChI=1S/C18H14F2N4O2/c19-12-2-3-14(13(20)8-12)23-17-5-6-21-18(24-17)22-9-11-1-4-15-16(7-11)26-10-25-15/h1-8H,9-10H2,(H2,21,22,23,24). The Bertz CT molecular complexity index is 952. The SMILES string of the molecule is Fc1ccc(Nc2ccnc(NCc3ccc4c(c3)OCO4)n2)c(F)c1. The minimum Gasteiger partial charge on any atom is -0.454 e. The van der Waals surface area contributed by atoms with Crippen LogP contribution in [0.5, 0.6) is 11.5 Å². The van der Waals surface area contributed by atoms with Crippen molar-refractivity contribution in [3.63, 3.8) is 0 Å².